The van der Waals surface area contributed by atoms with E-state index in [4.69, 9.17) is 4.74 Å². The van der Waals surface area contributed by atoms with Crippen molar-refractivity contribution in [1.82, 2.24) is 9.88 Å². The van der Waals surface area contributed by atoms with E-state index in [-0.39, 0.29) is 10.5 Å². The molecule has 1 unspecified atom stereocenters. The Balaban J connectivity index is 1.61. The number of likely N-dealkylation sites (tertiary alicyclic amines) is 1. The molecule has 0 aliphatic carbocycles. The van der Waals surface area contributed by atoms with Gasteiger partial charge in [0.2, 0.25) is 0 Å². The van der Waals surface area contributed by atoms with E-state index in [1.54, 1.807) is 4.90 Å². The third-order valence-electron chi connectivity index (χ3n) is 3.91. The first kappa shape index (κ1) is 14.6. The second kappa shape index (κ2) is 5.13. The van der Waals surface area contributed by atoms with Crippen LogP contribution in [0.15, 0.2) is 6.20 Å². The van der Waals surface area contributed by atoms with Gasteiger partial charge in [-0.1, -0.05) is 11.3 Å². The minimum Gasteiger partial charge on any atom is -0.381 e. The Morgan fingerprint density at radius 2 is 2.29 bits per heavy atom. The summed E-state index contributed by atoms with van der Waals surface area (Å²) in [5.41, 5.74) is 0.0251. The van der Waals surface area contributed by atoms with Crippen molar-refractivity contribution in [2.45, 2.75) is 19.0 Å². The number of urea groups is 1. The van der Waals surface area contributed by atoms with Crippen molar-refractivity contribution in [1.29, 1.82) is 0 Å². The number of carbonyl (C=O) groups excluding carboxylic acids is 1. The Labute approximate surface area is 123 Å². The number of hydrogen-bond donors (Lipinski definition) is 1. The van der Waals surface area contributed by atoms with Crippen LogP contribution in [0.4, 0.5) is 23.1 Å². The maximum absolute atomic E-state index is 12.5. The highest BCUT2D eigenvalue weighted by molar-refractivity contribution is 7.15. The number of anilines is 1. The lowest BCUT2D eigenvalue weighted by atomic mass is 9.87. The van der Waals surface area contributed by atoms with Crippen molar-refractivity contribution in [2.75, 3.05) is 31.6 Å². The van der Waals surface area contributed by atoms with Crippen LogP contribution in [0.5, 0.6) is 0 Å². The lowest BCUT2D eigenvalue weighted by Crippen LogP contribution is -2.35. The lowest BCUT2D eigenvalue weighted by molar-refractivity contribution is -0.134. The zero-order valence-electron chi connectivity index (χ0n) is 11.1. The standard InChI is InChI=1S/C12H14F3N3O2S/c13-12(14,15)8-5-16-9(21-8)17-10(19)18-3-1-11(6-18)2-4-20-7-11/h5H,1-4,6-7H2,(H,16,17,19). The van der Waals surface area contributed by atoms with Crippen molar-refractivity contribution in [2.24, 2.45) is 5.41 Å². The molecule has 3 heterocycles. The zero-order valence-corrected chi connectivity index (χ0v) is 11.9. The summed E-state index contributed by atoms with van der Waals surface area (Å²) in [6, 6.07) is -0.401. The molecule has 0 saturated carbocycles. The van der Waals surface area contributed by atoms with Gasteiger partial charge in [-0.25, -0.2) is 9.78 Å². The summed E-state index contributed by atoms with van der Waals surface area (Å²) in [5, 5.41) is 2.40. The molecular formula is C12H14F3N3O2S. The Morgan fingerprint density at radius 1 is 1.48 bits per heavy atom. The van der Waals surface area contributed by atoms with Crippen LogP contribution in [0, 0.1) is 5.41 Å². The van der Waals surface area contributed by atoms with E-state index < -0.39 is 17.1 Å². The second-order valence-electron chi connectivity index (χ2n) is 5.43. The number of nitrogens with zero attached hydrogens (tertiary/aromatic N) is 2. The molecule has 1 spiro atoms. The Bertz CT molecular complexity index is 540. The van der Waals surface area contributed by atoms with Gasteiger partial charge in [0, 0.05) is 25.1 Å². The van der Waals surface area contributed by atoms with Crippen LogP contribution in [-0.4, -0.2) is 42.2 Å². The van der Waals surface area contributed by atoms with Crippen molar-refractivity contribution < 1.29 is 22.7 Å². The van der Waals surface area contributed by atoms with E-state index in [1.807, 2.05) is 0 Å². The number of halogens is 3. The van der Waals surface area contributed by atoms with E-state index in [0.29, 0.717) is 37.6 Å². The quantitative estimate of drug-likeness (QED) is 0.865. The Hall–Kier alpha value is -1.35. The maximum atomic E-state index is 12.5. The smallest absolute Gasteiger partial charge is 0.381 e. The lowest BCUT2D eigenvalue weighted by Gasteiger charge is -2.21. The highest BCUT2D eigenvalue weighted by atomic mass is 32.1. The van der Waals surface area contributed by atoms with E-state index >= 15 is 0 Å². The molecule has 21 heavy (non-hydrogen) atoms. The predicted octanol–water partition coefficient (Wildman–Crippen LogP) is 2.81. The van der Waals surface area contributed by atoms with Crippen molar-refractivity contribution in [3.05, 3.63) is 11.1 Å². The molecule has 0 radical (unpaired) electrons. The van der Waals surface area contributed by atoms with E-state index in [9.17, 15) is 18.0 Å². The van der Waals surface area contributed by atoms with Crippen molar-refractivity contribution in [3.8, 4) is 0 Å². The van der Waals surface area contributed by atoms with Gasteiger partial charge in [0.25, 0.3) is 0 Å². The van der Waals surface area contributed by atoms with Crippen LogP contribution in [-0.2, 0) is 10.9 Å². The van der Waals surface area contributed by atoms with Crippen LogP contribution in [0.3, 0.4) is 0 Å². The Kier molecular flexibility index (Phi) is 3.56. The molecular weight excluding hydrogens is 307 g/mol. The molecule has 116 valence electrons. The fourth-order valence-corrected chi connectivity index (χ4v) is 3.39. The summed E-state index contributed by atoms with van der Waals surface area (Å²) >= 11 is 0.431. The average molecular weight is 321 g/mol. The summed E-state index contributed by atoms with van der Waals surface area (Å²) < 4.78 is 42.8. The minimum atomic E-state index is -4.43. The third-order valence-corrected chi connectivity index (χ3v) is 4.87. The maximum Gasteiger partial charge on any atom is 0.427 e. The molecule has 9 heteroatoms. The largest absolute Gasteiger partial charge is 0.427 e. The van der Waals surface area contributed by atoms with Gasteiger partial charge in [-0.3, -0.25) is 5.32 Å². The molecule has 2 saturated heterocycles. The summed E-state index contributed by atoms with van der Waals surface area (Å²) in [6.07, 6.45) is -1.91. The van der Waals surface area contributed by atoms with Gasteiger partial charge in [-0.05, 0) is 12.8 Å². The summed E-state index contributed by atoms with van der Waals surface area (Å²) in [5.74, 6) is 0. The molecule has 1 atom stereocenters. The molecule has 2 aliphatic heterocycles. The Morgan fingerprint density at radius 3 is 2.90 bits per heavy atom. The first-order valence-corrected chi connectivity index (χ1v) is 7.36. The van der Waals surface area contributed by atoms with Gasteiger partial charge in [-0.2, -0.15) is 13.2 Å². The van der Waals surface area contributed by atoms with Crippen LogP contribution in [0.2, 0.25) is 0 Å². The van der Waals surface area contributed by atoms with Gasteiger partial charge >= 0.3 is 12.2 Å². The van der Waals surface area contributed by atoms with E-state index in [1.165, 1.54) is 0 Å². The zero-order chi connectivity index (χ0) is 15.1. The number of hydrogen-bond acceptors (Lipinski definition) is 4. The third kappa shape index (κ3) is 2.98. The number of nitrogens with one attached hydrogen (secondary N) is 1. The molecule has 3 rings (SSSR count). The van der Waals surface area contributed by atoms with E-state index in [2.05, 4.69) is 10.3 Å². The van der Waals surface area contributed by atoms with Crippen LogP contribution >= 0.6 is 11.3 Å². The molecule has 2 aliphatic rings. The fourth-order valence-electron chi connectivity index (χ4n) is 2.71. The molecule has 0 bridgehead atoms. The first-order valence-electron chi connectivity index (χ1n) is 6.55. The predicted molar refractivity (Wildman–Crippen MR) is 70.2 cm³/mol. The van der Waals surface area contributed by atoms with Crippen molar-refractivity contribution in [3.63, 3.8) is 0 Å². The monoisotopic (exact) mass is 321 g/mol. The van der Waals surface area contributed by atoms with Gasteiger partial charge in [0.1, 0.15) is 4.88 Å². The number of carbonyl (C=O) groups is 1. The summed E-state index contributed by atoms with van der Waals surface area (Å²) in [6.45, 7) is 2.52. The first-order chi connectivity index (χ1) is 9.88. The molecule has 1 N–H and O–H groups in total. The molecule has 1 aromatic heterocycles. The average Bonchev–Trinajstić information content (AvgIpc) is 3.11. The van der Waals surface area contributed by atoms with Gasteiger partial charge in [0.15, 0.2) is 5.13 Å². The number of amides is 2. The highest BCUT2D eigenvalue weighted by Crippen LogP contribution is 2.39. The summed E-state index contributed by atoms with van der Waals surface area (Å²) in [4.78, 5) is 16.5. The SMILES string of the molecule is O=C(Nc1ncc(C(F)(F)F)s1)N1CCC2(CCOC2)C1. The molecule has 1 aromatic rings. The molecule has 0 aromatic carbocycles. The fraction of sp³-hybridized carbons (Fsp3) is 0.667. The van der Waals surface area contributed by atoms with Crippen LogP contribution in [0.25, 0.3) is 0 Å². The molecule has 5 nitrogen and oxygen atoms in total. The van der Waals surface area contributed by atoms with Crippen molar-refractivity contribution >= 4 is 22.5 Å². The van der Waals surface area contributed by atoms with E-state index in [0.717, 1.165) is 19.0 Å². The number of alkyl halides is 3. The number of rotatable bonds is 1. The summed E-state index contributed by atoms with van der Waals surface area (Å²) in [7, 11) is 0. The van der Waals surface area contributed by atoms with Gasteiger partial charge in [0.05, 0.1) is 12.8 Å². The topological polar surface area (TPSA) is 54.5 Å². The van der Waals surface area contributed by atoms with Crippen LogP contribution in [0.1, 0.15) is 17.7 Å². The normalized spacial score (nSPS) is 25.8. The second-order valence-corrected chi connectivity index (χ2v) is 6.46. The minimum absolute atomic E-state index is 0.0251. The number of aromatic nitrogens is 1. The van der Waals surface area contributed by atoms with Gasteiger partial charge < -0.3 is 9.64 Å². The van der Waals surface area contributed by atoms with Gasteiger partial charge in [-0.15, -0.1) is 0 Å². The molecule has 2 fully saturated rings. The molecule has 2 amide bonds. The highest BCUT2D eigenvalue weighted by Gasteiger charge is 2.43. The number of thiazole rings is 1. The number of ether oxygens (including phenoxy) is 1. The van der Waals surface area contributed by atoms with Crippen LogP contribution < -0.4 is 5.32 Å².